The molecule has 2 heterocycles. The molecule has 0 aromatic heterocycles. The van der Waals surface area contributed by atoms with E-state index in [1.807, 2.05) is 6.07 Å². The minimum absolute atomic E-state index is 0.213. The van der Waals surface area contributed by atoms with Crippen LogP contribution >= 0.6 is 0 Å². The normalized spacial score (nSPS) is 21.8. The minimum atomic E-state index is -0.613. The van der Waals surface area contributed by atoms with Crippen LogP contribution in [0.4, 0.5) is 0 Å². The molecule has 0 bridgehead atoms. The average molecular weight is 447 g/mol. The summed E-state index contributed by atoms with van der Waals surface area (Å²) in [5.74, 6) is 1.26. The molecule has 1 N–H and O–H groups in total. The highest BCUT2D eigenvalue weighted by molar-refractivity contribution is 5.75. The second-order valence-corrected chi connectivity index (χ2v) is 9.56. The lowest BCUT2D eigenvalue weighted by Gasteiger charge is -2.11. The number of fused-ring (bicyclic) bond motifs is 1. The summed E-state index contributed by atoms with van der Waals surface area (Å²) < 4.78 is 15.9. The first-order valence-corrected chi connectivity index (χ1v) is 12.9. The van der Waals surface area contributed by atoms with Crippen molar-refractivity contribution in [2.24, 2.45) is 5.92 Å². The maximum Gasteiger partial charge on any atom is 0.312 e. The van der Waals surface area contributed by atoms with Crippen molar-refractivity contribution in [3.05, 3.63) is 23.8 Å². The van der Waals surface area contributed by atoms with Gasteiger partial charge in [-0.1, -0.05) is 83.1 Å². The Bertz CT molecular complexity index is 689. The molecule has 0 saturated carbocycles. The lowest BCUT2D eigenvalue weighted by Crippen LogP contribution is -2.24. The summed E-state index contributed by atoms with van der Waals surface area (Å²) in [6, 6.07) is 6.31. The first-order valence-electron chi connectivity index (χ1n) is 12.9. The molecule has 0 amide bonds. The van der Waals surface area contributed by atoms with Gasteiger partial charge in [0.2, 0.25) is 6.79 Å². The van der Waals surface area contributed by atoms with Crippen molar-refractivity contribution in [2.75, 3.05) is 6.79 Å². The van der Waals surface area contributed by atoms with Crippen LogP contribution in [0.25, 0.3) is 0 Å². The maximum atomic E-state index is 11.7. The van der Waals surface area contributed by atoms with Crippen LogP contribution in [0, 0.1) is 5.92 Å². The number of cyclic esters (lactones) is 1. The van der Waals surface area contributed by atoms with Crippen molar-refractivity contribution < 1.29 is 24.1 Å². The predicted molar refractivity (Wildman–Crippen MR) is 126 cm³/mol. The van der Waals surface area contributed by atoms with Crippen molar-refractivity contribution in [3.63, 3.8) is 0 Å². The highest BCUT2D eigenvalue weighted by atomic mass is 16.7. The van der Waals surface area contributed by atoms with E-state index in [0.717, 1.165) is 37.2 Å². The standard InChI is InChI=1S/C27H42O5/c1-21-26(28)23(27(29)32-21)16-14-12-10-8-6-4-2-3-5-7-9-11-13-15-22-17-18-24-25(19-22)31-20-30-24/h17-19,21,23,26,28H,2-16,20H2,1H3/t21-,23-,26+/m0/s1. The van der Waals surface area contributed by atoms with E-state index in [9.17, 15) is 9.90 Å². The van der Waals surface area contributed by atoms with Crippen LogP contribution in [0.1, 0.15) is 102 Å². The molecule has 1 aromatic carbocycles. The lowest BCUT2D eigenvalue weighted by atomic mass is 9.95. The van der Waals surface area contributed by atoms with E-state index in [1.165, 1.54) is 76.2 Å². The number of esters is 1. The largest absolute Gasteiger partial charge is 0.460 e. The first kappa shape index (κ1) is 24.9. The fraction of sp³-hybridized carbons (Fsp3) is 0.741. The van der Waals surface area contributed by atoms with Crippen LogP contribution in [0.5, 0.6) is 11.5 Å². The predicted octanol–water partition coefficient (Wildman–Crippen LogP) is 6.34. The molecular weight excluding hydrogens is 404 g/mol. The topological polar surface area (TPSA) is 65.0 Å². The van der Waals surface area contributed by atoms with Crippen molar-refractivity contribution in [2.45, 2.75) is 115 Å². The molecule has 0 spiro atoms. The number of aliphatic hydroxyl groups excluding tert-OH is 1. The third-order valence-electron chi connectivity index (χ3n) is 6.92. The van der Waals surface area contributed by atoms with E-state index in [1.54, 1.807) is 6.92 Å². The Morgan fingerprint density at radius 1 is 0.812 bits per heavy atom. The van der Waals surface area contributed by atoms with Gasteiger partial charge in [-0.15, -0.1) is 0 Å². The van der Waals surface area contributed by atoms with Crippen LogP contribution in [-0.2, 0) is 16.0 Å². The molecule has 32 heavy (non-hydrogen) atoms. The molecule has 3 atom stereocenters. The van der Waals surface area contributed by atoms with Gasteiger partial charge in [-0.05, 0) is 43.9 Å². The third-order valence-corrected chi connectivity index (χ3v) is 6.92. The van der Waals surface area contributed by atoms with E-state index >= 15 is 0 Å². The molecule has 5 heteroatoms. The van der Waals surface area contributed by atoms with Gasteiger partial charge in [0.25, 0.3) is 0 Å². The van der Waals surface area contributed by atoms with Crippen LogP contribution < -0.4 is 9.47 Å². The first-order chi connectivity index (χ1) is 15.6. The summed E-state index contributed by atoms with van der Waals surface area (Å²) >= 11 is 0. The SMILES string of the molecule is C[C@@H]1OC(=O)[C@@H](CCCCCCCCCCCCCCCc2ccc3c(c2)OCO3)[C@@H]1O. The summed E-state index contributed by atoms with van der Waals surface area (Å²) in [7, 11) is 0. The van der Waals surface area contributed by atoms with E-state index < -0.39 is 6.10 Å². The Labute approximate surface area is 193 Å². The fourth-order valence-corrected chi connectivity index (χ4v) is 4.83. The van der Waals surface area contributed by atoms with Gasteiger partial charge >= 0.3 is 5.97 Å². The van der Waals surface area contributed by atoms with Gasteiger partial charge in [0.15, 0.2) is 11.5 Å². The van der Waals surface area contributed by atoms with Crippen LogP contribution in [-0.4, -0.2) is 30.1 Å². The summed E-state index contributed by atoms with van der Waals surface area (Å²) in [6.07, 6.45) is 17.6. The Morgan fingerprint density at radius 3 is 1.97 bits per heavy atom. The number of ether oxygens (including phenoxy) is 3. The average Bonchev–Trinajstić information content (AvgIpc) is 3.35. The van der Waals surface area contributed by atoms with E-state index in [-0.39, 0.29) is 18.0 Å². The molecule has 2 aliphatic rings. The van der Waals surface area contributed by atoms with Crippen molar-refractivity contribution >= 4 is 5.97 Å². The van der Waals surface area contributed by atoms with Crippen molar-refractivity contribution in [1.82, 2.24) is 0 Å². The second kappa shape index (κ2) is 13.7. The zero-order valence-corrected chi connectivity index (χ0v) is 19.9. The van der Waals surface area contributed by atoms with E-state index in [4.69, 9.17) is 14.2 Å². The third kappa shape index (κ3) is 7.99. The van der Waals surface area contributed by atoms with E-state index in [0.29, 0.717) is 6.79 Å². The zero-order chi connectivity index (χ0) is 22.6. The van der Waals surface area contributed by atoms with Crippen molar-refractivity contribution in [3.8, 4) is 11.5 Å². The number of carbonyl (C=O) groups is 1. The summed E-state index contributed by atoms with van der Waals surface area (Å²) in [6.45, 7) is 2.12. The number of unbranched alkanes of at least 4 members (excludes halogenated alkanes) is 12. The van der Waals surface area contributed by atoms with Crippen LogP contribution in [0.15, 0.2) is 18.2 Å². The molecule has 1 fully saturated rings. The number of benzene rings is 1. The molecule has 2 aliphatic heterocycles. The molecule has 1 saturated heterocycles. The monoisotopic (exact) mass is 446 g/mol. The van der Waals surface area contributed by atoms with Gasteiger partial charge in [-0.3, -0.25) is 4.79 Å². The maximum absolute atomic E-state index is 11.7. The van der Waals surface area contributed by atoms with E-state index in [2.05, 4.69) is 12.1 Å². The van der Waals surface area contributed by atoms with Crippen molar-refractivity contribution in [1.29, 1.82) is 0 Å². The summed E-state index contributed by atoms with van der Waals surface area (Å²) in [5.41, 5.74) is 1.35. The van der Waals surface area contributed by atoms with Gasteiger partial charge in [-0.2, -0.15) is 0 Å². The quantitative estimate of drug-likeness (QED) is 0.237. The Hall–Kier alpha value is -1.75. The minimum Gasteiger partial charge on any atom is -0.460 e. The number of aliphatic hydroxyl groups is 1. The van der Waals surface area contributed by atoms with Gasteiger partial charge < -0.3 is 19.3 Å². The molecular formula is C27H42O5. The molecule has 0 aliphatic carbocycles. The molecule has 180 valence electrons. The second-order valence-electron chi connectivity index (χ2n) is 9.56. The number of rotatable bonds is 16. The number of hydrogen-bond acceptors (Lipinski definition) is 5. The van der Waals surface area contributed by atoms with Gasteiger partial charge in [-0.25, -0.2) is 0 Å². The van der Waals surface area contributed by atoms with Crippen LogP contribution in [0.2, 0.25) is 0 Å². The smallest absolute Gasteiger partial charge is 0.312 e. The number of aryl methyl sites for hydroxylation is 1. The molecule has 5 nitrogen and oxygen atoms in total. The fourth-order valence-electron chi connectivity index (χ4n) is 4.83. The van der Waals surface area contributed by atoms with Gasteiger partial charge in [0.1, 0.15) is 12.2 Å². The summed E-state index contributed by atoms with van der Waals surface area (Å²) in [4.78, 5) is 11.7. The number of hydrogen-bond donors (Lipinski definition) is 1. The molecule has 0 radical (unpaired) electrons. The number of carbonyl (C=O) groups excluding carboxylic acids is 1. The van der Waals surface area contributed by atoms with Gasteiger partial charge in [0, 0.05) is 0 Å². The van der Waals surface area contributed by atoms with Crippen LogP contribution in [0.3, 0.4) is 0 Å². The highest BCUT2D eigenvalue weighted by Gasteiger charge is 2.40. The van der Waals surface area contributed by atoms with Gasteiger partial charge in [0.05, 0.1) is 5.92 Å². The molecule has 1 aromatic rings. The Kier molecular flexibility index (Phi) is 10.7. The Morgan fingerprint density at radius 2 is 1.38 bits per heavy atom. The Balaban J connectivity index is 1.05. The zero-order valence-electron chi connectivity index (χ0n) is 19.9. The molecule has 3 rings (SSSR count). The lowest BCUT2D eigenvalue weighted by molar-refractivity contribution is -0.143. The highest BCUT2D eigenvalue weighted by Crippen LogP contribution is 2.33. The summed E-state index contributed by atoms with van der Waals surface area (Å²) in [5, 5.41) is 9.95. The molecule has 0 unspecified atom stereocenters.